The highest BCUT2D eigenvalue weighted by Crippen LogP contribution is 2.26. The monoisotopic (exact) mass is 357 g/mol. The molecule has 2 aliphatic rings. The molecule has 134 valence electrons. The third kappa shape index (κ3) is 3.32. The minimum absolute atomic E-state index is 0.158. The van der Waals surface area contributed by atoms with E-state index in [0.29, 0.717) is 0 Å². The van der Waals surface area contributed by atoms with Gasteiger partial charge in [0.05, 0.1) is 0 Å². The fraction of sp³-hybridized carbons (Fsp3) is 0.550. The predicted octanol–water partition coefficient (Wildman–Crippen LogP) is 3.44. The number of H-pyrrole nitrogens is 1. The number of rotatable bonds is 2. The number of amides is 1. The van der Waals surface area contributed by atoms with Gasteiger partial charge in [-0.15, -0.1) is 0 Å². The summed E-state index contributed by atoms with van der Waals surface area (Å²) in [4.78, 5) is 21.0. The number of fused-ring (bicyclic) bond motifs is 1. The van der Waals surface area contributed by atoms with Gasteiger partial charge in [-0.1, -0.05) is 11.6 Å². The number of thioether (sulfide) groups is 1. The van der Waals surface area contributed by atoms with E-state index in [0.717, 1.165) is 49.0 Å². The zero-order valence-electron chi connectivity index (χ0n) is 15.2. The number of piperazine rings is 1. The highest BCUT2D eigenvalue weighted by molar-refractivity contribution is 7.99. The van der Waals surface area contributed by atoms with Crippen LogP contribution in [0, 0.1) is 13.8 Å². The molecule has 0 radical (unpaired) electrons. The van der Waals surface area contributed by atoms with Crippen LogP contribution < -0.4 is 0 Å². The number of carbonyl (C=O) groups is 1. The lowest BCUT2D eigenvalue weighted by atomic mass is 10.1. The van der Waals surface area contributed by atoms with Gasteiger partial charge < -0.3 is 9.88 Å². The van der Waals surface area contributed by atoms with E-state index in [-0.39, 0.29) is 5.91 Å². The average Bonchev–Trinajstić information content (AvgIpc) is 2.98. The van der Waals surface area contributed by atoms with E-state index in [4.69, 9.17) is 0 Å². The Morgan fingerprint density at radius 1 is 1.12 bits per heavy atom. The van der Waals surface area contributed by atoms with Gasteiger partial charge in [-0.05, 0) is 55.9 Å². The maximum absolute atomic E-state index is 13.0. The highest BCUT2D eigenvalue weighted by atomic mass is 32.2. The second-order valence-corrected chi connectivity index (χ2v) is 8.57. The third-order valence-corrected chi connectivity index (χ3v) is 6.79. The van der Waals surface area contributed by atoms with Gasteiger partial charge >= 0.3 is 0 Å². The van der Waals surface area contributed by atoms with Crippen LogP contribution in [0.3, 0.4) is 0 Å². The molecule has 1 amide bonds. The molecule has 2 aliphatic heterocycles. The molecule has 0 spiro atoms. The second-order valence-electron chi connectivity index (χ2n) is 7.35. The summed E-state index contributed by atoms with van der Waals surface area (Å²) in [6.07, 6.45) is 2.61. The Balaban J connectivity index is 1.46. The number of hydrogen-bond acceptors (Lipinski definition) is 3. The van der Waals surface area contributed by atoms with Crippen molar-refractivity contribution in [3.63, 3.8) is 0 Å². The van der Waals surface area contributed by atoms with Gasteiger partial charge in [0.2, 0.25) is 0 Å². The molecule has 1 aromatic heterocycles. The number of aromatic nitrogens is 1. The van der Waals surface area contributed by atoms with Gasteiger partial charge in [-0.2, -0.15) is 11.8 Å². The van der Waals surface area contributed by atoms with Crippen molar-refractivity contribution in [3.8, 4) is 0 Å². The summed E-state index contributed by atoms with van der Waals surface area (Å²) in [5.41, 5.74) is 4.14. The Labute approximate surface area is 153 Å². The second kappa shape index (κ2) is 7.04. The SMILES string of the molecule is Cc1ccc2[nH]c(C(=O)N3CCN(C4CCSCC4)CC3)c(C)c2c1. The van der Waals surface area contributed by atoms with Gasteiger partial charge in [0.15, 0.2) is 0 Å². The first-order chi connectivity index (χ1) is 12.1. The fourth-order valence-corrected chi connectivity index (χ4v) is 5.23. The van der Waals surface area contributed by atoms with Gasteiger partial charge in [0.25, 0.3) is 5.91 Å². The minimum atomic E-state index is 0.158. The summed E-state index contributed by atoms with van der Waals surface area (Å²) in [6, 6.07) is 7.06. The normalized spacial score (nSPS) is 20.3. The van der Waals surface area contributed by atoms with Gasteiger partial charge in [-0.25, -0.2) is 0 Å². The lowest BCUT2D eigenvalue weighted by molar-refractivity contribution is 0.0554. The molecule has 2 fully saturated rings. The Kier molecular flexibility index (Phi) is 4.78. The van der Waals surface area contributed by atoms with Crippen LogP contribution in [0.2, 0.25) is 0 Å². The molecule has 3 heterocycles. The van der Waals surface area contributed by atoms with Crippen LogP contribution in [0.15, 0.2) is 18.2 Å². The molecule has 4 rings (SSSR count). The van der Waals surface area contributed by atoms with Gasteiger partial charge in [0.1, 0.15) is 5.69 Å². The number of benzene rings is 1. The molecule has 1 N–H and O–H groups in total. The maximum Gasteiger partial charge on any atom is 0.270 e. The molecule has 2 saturated heterocycles. The van der Waals surface area contributed by atoms with E-state index in [1.807, 2.05) is 4.90 Å². The van der Waals surface area contributed by atoms with Crippen molar-refractivity contribution in [2.24, 2.45) is 0 Å². The number of carbonyl (C=O) groups excluding carboxylic acids is 1. The summed E-state index contributed by atoms with van der Waals surface area (Å²) < 4.78 is 0. The summed E-state index contributed by atoms with van der Waals surface area (Å²) >= 11 is 2.07. The van der Waals surface area contributed by atoms with Crippen molar-refractivity contribution < 1.29 is 4.79 Å². The first-order valence-corrected chi connectivity index (χ1v) is 10.5. The van der Waals surface area contributed by atoms with E-state index < -0.39 is 0 Å². The zero-order valence-corrected chi connectivity index (χ0v) is 16.0. The van der Waals surface area contributed by atoms with Crippen LogP contribution >= 0.6 is 11.8 Å². The number of hydrogen-bond donors (Lipinski definition) is 1. The Morgan fingerprint density at radius 3 is 2.56 bits per heavy atom. The average molecular weight is 358 g/mol. The molecule has 0 unspecified atom stereocenters. The first kappa shape index (κ1) is 17.0. The lowest BCUT2D eigenvalue weighted by Gasteiger charge is -2.40. The maximum atomic E-state index is 13.0. The molecular formula is C20H27N3OS. The van der Waals surface area contributed by atoms with E-state index >= 15 is 0 Å². The Morgan fingerprint density at radius 2 is 1.84 bits per heavy atom. The van der Waals surface area contributed by atoms with E-state index in [1.165, 1.54) is 35.3 Å². The summed E-state index contributed by atoms with van der Waals surface area (Å²) in [7, 11) is 0. The minimum Gasteiger partial charge on any atom is -0.350 e. The molecule has 5 heteroatoms. The number of nitrogens with one attached hydrogen (secondary N) is 1. The largest absolute Gasteiger partial charge is 0.350 e. The van der Waals surface area contributed by atoms with E-state index in [9.17, 15) is 4.79 Å². The summed E-state index contributed by atoms with van der Waals surface area (Å²) in [5, 5.41) is 1.17. The standard InChI is InChI=1S/C20H27N3OS/c1-14-3-4-18-17(13-14)15(2)19(21-18)20(24)23-9-7-22(8-10-23)16-5-11-25-12-6-16/h3-4,13,16,21H,5-12H2,1-2H3. The number of nitrogens with zero attached hydrogens (tertiary/aromatic N) is 2. The zero-order chi connectivity index (χ0) is 17.4. The quantitative estimate of drug-likeness (QED) is 0.895. The summed E-state index contributed by atoms with van der Waals surface area (Å²) in [5.74, 6) is 2.74. The van der Waals surface area contributed by atoms with Crippen molar-refractivity contribution in [2.45, 2.75) is 32.7 Å². The molecule has 4 nitrogen and oxygen atoms in total. The molecule has 0 atom stereocenters. The molecule has 0 saturated carbocycles. The van der Waals surface area contributed by atoms with Gasteiger partial charge in [-0.3, -0.25) is 9.69 Å². The third-order valence-electron chi connectivity index (χ3n) is 5.74. The van der Waals surface area contributed by atoms with E-state index in [1.54, 1.807) is 0 Å². The number of aryl methyl sites for hydroxylation is 2. The predicted molar refractivity (Wildman–Crippen MR) is 106 cm³/mol. The van der Waals surface area contributed by atoms with Crippen molar-refractivity contribution >= 4 is 28.6 Å². The fourth-order valence-electron chi connectivity index (χ4n) is 4.15. The molecule has 2 aromatic rings. The van der Waals surface area contributed by atoms with Crippen LogP contribution in [0.5, 0.6) is 0 Å². The lowest BCUT2D eigenvalue weighted by Crippen LogP contribution is -2.52. The van der Waals surface area contributed by atoms with Crippen molar-refractivity contribution in [1.29, 1.82) is 0 Å². The van der Waals surface area contributed by atoms with Crippen molar-refractivity contribution in [2.75, 3.05) is 37.7 Å². The van der Waals surface area contributed by atoms with Crippen LogP contribution in [0.1, 0.15) is 34.5 Å². The highest BCUT2D eigenvalue weighted by Gasteiger charge is 2.28. The Hall–Kier alpha value is -1.46. The Bertz CT molecular complexity index is 771. The molecule has 0 bridgehead atoms. The van der Waals surface area contributed by atoms with Gasteiger partial charge in [0, 0.05) is 43.1 Å². The topological polar surface area (TPSA) is 39.3 Å². The smallest absolute Gasteiger partial charge is 0.270 e. The van der Waals surface area contributed by atoms with Crippen LogP contribution in [0.25, 0.3) is 10.9 Å². The molecule has 0 aliphatic carbocycles. The van der Waals surface area contributed by atoms with Crippen molar-refractivity contribution in [3.05, 3.63) is 35.0 Å². The molecular weight excluding hydrogens is 330 g/mol. The molecule has 1 aromatic carbocycles. The van der Waals surface area contributed by atoms with Crippen LogP contribution in [0.4, 0.5) is 0 Å². The van der Waals surface area contributed by atoms with E-state index in [2.05, 4.69) is 53.7 Å². The van der Waals surface area contributed by atoms with Crippen LogP contribution in [-0.2, 0) is 0 Å². The first-order valence-electron chi connectivity index (χ1n) is 9.33. The van der Waals surface area contributed by atoms with Crippen LogP contribution in [-0.4, -0.2) is 64.4 Å². The summed E-state index contributed by atoms with van der Waals surface area (Å²) in [6.45, 7) is 7.86. The number of aromatic amines is 1. The van der Waals surface area contributed by atoms with Crippen molar-refractivity contribution in [1.82, 2.24) is 14.8 Å². The molecule has 25 heavy (non-hydrogen) atoms.